The van der Waals surface area contributed by atoms with Gasteiger partial charge in [0.2, 0.25) is 0 Å². The summed E-state index contributed by atoms with van der Waals surface area (Å²) in [5, 5.41) is 12.4. The summed E-state index contributed by atoms with van der Waals surface area (Å²) in [6, 6.07) is 3.06. The van der Waals surface area contributed by atoms with Crippen LogP contribution in [-0.4, -0.2) is 11.7 Å². The van der Waals surface area contributed by atoms with Crippen molar-refractivity contribution in [1.82, 2.24) is 5.32 Å². The van der Waals surface area contributed by atoms with E-state index in [1.807, 2.05) is 0 Å². The Morgan fingerprint density at radius 1 is 1.38 bits per heavy atom. The molecule has 0 saturated heterocycles. The van der Waals surface area contributed by atoms with Gasteiger partial charge in [0.1, 0.15) is 0 Å². The van der Waals surface area contributed by atoms with Crippen LogP contribution in [0.15, 0.2) is 12.1 Å². The first-order chi connectivity index (χ1) is 5.79. The van der Waals surface area contributed by atoms with E-state index < -0.39 is 5.82 Å². The Hall–Kier alpha value is -0.610. The fraction of sp³-hybridized carbons (Fsp3) is 0.333. The summed E-state index contributed by atoms with van der Waals surface area (Å²) in [7, 11) is 0. The minimum absolute atomic E-state index is 0. The quantitative estimate of drug-likeness (QED) is 0.733. The molecule has 2 N–H and O–H groups in total. The molecule has 0 spiro atoms. The lowest BCUT2D eigenvalue weighted by atomic mass is 10.00. The summed E-state index contributed by atoms with van der Waals surface area (Å²) >= 11 is 0. The first-order valence-corrected chi connectivity index (χ1v) is 3.99. The van der Waals surface area contributed by atoms with Crippen molar-refractivity contribution in [2.45, 2.75) is 13.0 Å². The Bertz CT molecular complexity index is 317. The van der Waals surface area contributed by atoms with Crippen LogP contribution in [0.25, 0.3) is 0 Å². The third-order valence-corrected chi connectivity index (χ3v) is 2.20. The molecule has 2 rings (SSSR count). The second kappa shape index (κ2) is 4.07. The van der Waals surface area contributed by atoms with Crippen molar-refractivity contribution in [3.8, 4) is 5.75 Å². The van der Waals surface area contributed by atoms with E-state index in [4.69, 9.17) is 0 Å². The predicted molar refractivity (Wildman–Crippen MR) is 53.8 cm³/mol. The molecule has 0 amide bonds. The van der Waals surface area contributed by atoms with Crippen LogP contribution < -0.4 is 5.32 Å². The maximum absolute atomic E-state index is 12.8. The number of fused-ring (bicyclic) bond motifs is 1. The van der Waals surface area contributed by atoms with Gasteiger partial charge in [-0.1, -0.05) is 6.07 Å². The smallest absolute Gasteiger partial charge is 0.165 e. The van der Waals surface area contributed by atoms with Gasteiger partial charge in [-0.15, -0.1) is 17.0 Å². The minimum atomic E-state index is -0.530. The molecule has 0 fully saturated rings. The highest BCUT2D eigenvalue weighted by molar-refractivity contribution is 8.93. The van der Waals surface area contributed by atoms with E-state index >= 15 is 0 Å². The number of hydrogen-bond acceptors (Lipinski definition) is 2. The molecule has 0 atom stereocenters. The molecular weight excluding hydrogens is 237 g/mol. The molecule has 1 aromatic carbocycles. The lowest BCUT2D eigenvalue weighted by Crippen LogP contribution is -2.23. The highest BCUT2D eigenvalue weighted by Gasteiger charge is 2.14. The summed E-state index contributed by atoms with van der Waals surface area (Å²) < 4.78 is 12.8. The number of phenols is 1. The SMILES string of the molecule is Br.Oc1c(F)ccc2c1CNCC2. The summed E-state index contributed by atoms with van der Waals surface area (Å²) in [6.07, 6.45) is 0.864. The lowest BCUT2D eigenvalue weighted by Gasteiger charge is -2.17. The first-order valence-electron chi connectivity index (χ1n) is 3.99. The molecule has 1 aromatic rings. The van der Waals surface area contributed by atoms with Crippen molar-refractivity contribution in [2.24, 2.45) is 0 Å². The molecule has 1 heterocycles. The van der Waals surface area contributed by atoms with E-state index in [1.165, 1.54) is 6.07 Å². The zero-order chi connectivity index (χ0) is 8.55. The summed E-state index contributed by atoms with van der Waals surface area (Å²) in [5.41, 5.74) is 1.76. The molecule has 1 aliphatic heterocycles. The van der Waals surface area contributed by atoms with Gasteiger partial charge < -0.3 is 10.4 Å². The van der Waals surface area contributed by atoms with Crippen molar-refractivity contribution >= 4 is 17.0 Å². The normalized spacial score (nSPS) is 14.5. The number of aromatic hydroxyl groups is 1. The van der Waals surface area contributed by atoms with Crippen molar-refractivity contribution in [2.75, 3.05) is 6.54 Å². The Balaban J connectivity index is 0.000000845. The zero-order valence-electron chi connectivity index (χ0n) is 7.01. The molecule has 0 saturated carbocycles. The zero-order valence-corrected chi connectivity index (χ0v) is 8.72. The number of phenolic OH excluding ortho intramolecular Hbond substituents is 1. The summed E-state index contributed by atoms with van der Waals surface area (Å²) in [6.45, 7) is 1.47. The van der Waals surface area contributed by atoms with Gasteiger partial charge in [0, 0.05) is 12.1 Å². The van der Waals surface area contributed by atoms with Crippen LogP contribution in [0.2, 0.25) is 0 Å². The largest absolute Gasteiger partial charge is 0.505 e. The van der Waals surface area contributed by atoms with Crippen molar-refractivity contribution in [3.05, 3.63) is 29.1 Å². The van der Waals surface area contributed by atoms with Crippen LogP contribution in [0.5, 0.6) is 5.75 Å². The third-order valence-electron chi connectivity index (χ3n) is 2.20. The second-order valence-corrected chi connectivity index (χ2v) is 2.96. The third kappa shape index (κ3) is 1.84. The van der Waals surface area contributed by atoms with Gasteiger partial charge in [0.15, 0.2) is 11.6 Å². The highest BCUT2D eigenvalue weighted by atomic mass is 79.9. The summed E-state index contributed by atoms with van der Waals surface area (Å²) in [5.74, 6) is -0.725. The van der Waals surface area contributed by atoms with E-state index in [-0.39, 0.29) is 22.7 Å². The Kier molecular flexibility index (Phi) is 3.27. The average molecular weight is 248 g/mol. The predicted octanol–water partition coefficient (Wildman–Crippen LogP) is 1.75. The molecule has 0 aliphatic carbocycles. The molecule has 0 unspecified atom stereocenters. The minimum Gasteiger partial charge on any atom is -0.505 e. The van der Waals surface area contributed by atoms with E-state index in [2.05, 4.69) is 5.32 Å². The molecule has 13 heavy (non-hydrogen) atoms. The van der Waals surface area contributed by atoms with Gasteiger partial charge in [0.25, 0.3) is 0 Å². The Morgan fingerprint density at radius 3 is 2.92 bits per heavy atom. The molecule has 72 valence electrons. The monoisotopic (exact) mass is 247 g/mol. The van der Waals surface area contributed by atoms with Gasteiger partial charge in [0.05, 0.1) is 0 Å². The standard InChI is InChI=1S/C9H10FNO.BrH/c10-8-2-1-6-3-4-11-5-7(6)9(8)12;/h1-2,11-12H,3-5H2;1H. The topological polar surface area (TPSA) is 32.3 Å². The second-order valence-electron chi connectivity index (χ2n) is 2.96. The average Bonchev–Trinajstić information content (AvgIpc) is 2.12. The van der Waals surface area contributed by atoms with Gasteiger partial charge >= 0.3 is 0 Å². The maximum Gasteiger partial charge on any atom is 0.165 e. The van der Waals surface area contributed by atoms with Crippen molar-refractivity contribution in [1.29, 1.82) is 0 Å². The Morgan fingerprint density at radius 2 is 2.15 bits per heavy atom. The fourth-order valence-corrected chi connectivity index (χ4v) is 1.52. The Labute approximate surface area is 86.5 Å². The van der Waals surface area contributed by atoms with E-state index in [0.717, 1.165) is 18.5 Å². The molecule has 0 radical (unpaired) electrons. The van der Waals surface area contributed by atoms with Gasteiger partial charge in [-0.3, -0.25) is 0 Å². The van der Waals surface area contributed by atoms with E-state index in [9.17, 15) is 9.50 Å². The van der Waals surface area contributed by atoms with Crippen LogP contribution >= 0.6 is 17.0 Å². The van der Waals surface area contributed by atoms with Gasteiger partial charge in [-0.25, -0.2) is 4.39 Å². The first kappa shape index (κ1) is 10.5. The highest BCUT2D eigenvalue weighted by Crippen LogP contribution is 2.26. The number of benzene rings is 1. The molecule has 0 aromatic heterocycles. The number of halogens is 2. The maximum atomic E-state index is 12.8. The molecular formula is C9H11BrFNO. The number of hydrogen-bond donors (Lipinski definition) is 2. The van der Waals surface area contributed by atoms with Crippen LogP contribution in [0, 0.1) is 5.82 Å². The number of nitrogens with one attached hydrogen (secondary N) is 1. The number of rotatable bonds is 0. The molecule has 4 heteroatoms. The van der Waals surface area contributed by atoms with Crippen molar-refractivity contribution < 1.29 is 9.50 Å². The fourth-order valence-electron chi connectivity index (χ4n) is 1.52. The summed E-state index contributed by atoms with van der Waals surface area (Å²) in [4.78, 5) is 0. The van der Waals surface area contributed by atoms with Crippen LogP contribution in [0.3, 0.4) is 0 Å². The van der Waals surface area contributed by atoms with E-state index in [1.54, 1.807) is 6.07 Å². The van der Waals surface area contributed by atoms with Gasteiger partial charge in [-0.2, -0.15) is 0 Å². The van der Waals surface area contributed by atoms with Crippen LogP contribution in [-0.2, 0) is 13.0 Å². The van der Waals surface area contributed by atoms with Crippen LogP contribution in [0.4, 0.5) is 4.39 Å². The van der Waals surface area contributed by atoms with E-state index in [0.29, 0.717) is 12.1 Å². The molecule has 2 nitrogen and oxygen atoms in total. The van der Waals surface area contributed by atoms with Gasteiger partial charge in [-0.05, 0) is 24.6 Å². The molecule has 1 aliphatic rings. The van der Waals surface area contributed by atoms with Crippen molar-refractivity contribution in [3.63, 3.8) is 0 Å². The lowest BCUT2D eigenvalue weighted by molar-refractivity contribution is 0.418. The van der Waals surface area contributed by atoms with Crippen LogP contribution in [0.1, 0.15) is 11.1 Å². The molecule has 0 bridgehead atoms.